The number of fused-ring (bicyclic) bond motifs is 2. The van der Waals surface area contributed by atoms with Gasteiger partial charge in [0.15, 0.2) is 11.6 Å². The number of aromatic nitrogens is 2. The van der Waals surface area contributed by atoms with Crippen molar-refractivity contribution in [2.45, 2.75) is 104 Å². The number of ketones is 2. The number of hydrogen-bond acceptors (Lipinski definition) is 8. The van der Waals surface area contributed by atoms with Crippen LogP contribution in [0.1, 0.15) is 130 Å². The Labute approximate surface area is 305 Å². The molecule has 0 bridgehead atoms. The fourth-order valence-corrected chi connectivity index (χ4v) is 7.84. The van der Waals surface area contributed by atoms with Crippen LogP contribution in [0.3, 0.4) is 0 Å². The van der Waals surface area contributed by atoms with Crippen LogP contribution in [0.2, 0.25) is 0 Å². The number of aromatic carboxylic acids is 2. The molecule has 276 valence electrons. The first kappa shape index (κ1) is 38.7. The lowest BCUT2D eigenvalue weighted by Gasteiger charge is -2.26. The van der Waals surface area contributed by atoms with Crippen molar-refractivity contribution in [2.75, 3.05) is 14.2 Å². The molecule has 2 fully saturated rings. The van der Waals surface area contributed by atoms with Gasteiger partial charge in [0.05, 0.1) is 34.4 Å². The molecule has 6 rings (SSSR count). The molecule has 0 radical (unpaired) electrons. The maximum atomic E-state index is 12.9. The van der Waals surface area contributed by atoms with Crippen LogP contribution in [0.15, 0.2) is 42.5 Å². The number of carbonyl (C=O) groups excluding carboxylic acids is 2. The number of hydrogen-bond donors (Lipinski definition) is 2. The summed E-state index contributed by atoms with van der Waals surface area (Å²) < 4.78 is 10.7. The normalized spacial score (nSPS) is 20.2. The Kier molecular flexibility index (Phi) is 12.9. The fraction of sp³-hybridized carbons (Fsp3) is 0.476. The van der Waals surface area contributed by atoms with E-state index >= 15 is 0 Å². The van der Waals surface area contributed by atoms with Crippen molar-refractivity contribution >= 4 is 45.3 Å². The van der Waals surface area contributed by atoms with E-state index < -0.39 is 11.9 Å². The van der Waals surface area contributed by atoms with E-state index in [1.54, 1.807) is 56.7 Å². The topological polar surface area (TPSA) is 153 Å². The number of rotatable bonds is 11. The Hall–Kier alpha value is -4.54. The highest BCUT2D eigenvalue weighted by molar-refractivity contribution is 6.08. The summed E-state index contributed by atoms with van der Waals surface area (Å²) in [5, 5.41) is 20.4. The van der Waals surface area contributed by atoms with Crippen molar-refractivity contribution in [1.29, 1.82) is 0 Å². The second kappa shape index (κ2) is 17.3. The van der Waals surface area contributed by atoms with Crippen molar-refractivity contribution in [1.82, 2.24) is 9.97 Å². The lowest BCUT2D eigenvalue weighted by Crippen LogP contribution is -2.25. The summed E-state index contributed by atoms with van der Waals surface area (Å²) in [4.78, 5) is 58.5. The van der Waals surface area contributed by atoms with Crippen LogP contribution in [0, 0.1) is 18.8 Å². The summed E-state index contributed by atoms with van der Waals surface area (Å²) in [6.45, 7) is 5.79. The molecule has 2 saturated carbocycles. The number of carboxylic acid groups (broad SMARTS) is 2. The number of methoxy groups -OCH3 is 2. The van der Waals surface area contributed by atoms with Crippen LogP contribution in [0.5, 0.6) is 0 Å². The molecule has 10 nitrogen and oxygen atoms in total. The predicted molar refractivity (Wildman–Crippen MR) is 200 cm³/mol. The van der Waals surface area contributed by atoms with E-state index in [1.165, 1.54) is 0 Å². The third-order valence-corrected chi connectivity index (χ3v) is 10.8. The van der Waals surface area contributed by atoms with Gasteiger partial charge in [-0.15, -0.1) is 0 Å². The van der Waals surface area contributed by atoms with Crippen LogP contribution in [-0.2, 0) is 22.3 Å². The summed E-state index contributed by atoms with van der Waals surface area (Å²) in [6, 6.07) is 12.1. The molecule has 52 heavy (non-hydrogen) atoms. The summed E-state index contributed by atoms with van der Waals surface area (Å²) in [5.41, 5.74) is 5.13. The molecule has 0 saturated heterocycles. The van der Waals surface area contributed by atoms with Crippen molar-refractivity contribution in [3.05, 3.63) is 81.7 Å². The van der Waals surface area contributed by atoms with Gasteiger partial charge in [0.1, 0.15) is 0 Å². The van der Waals surface area contributed by atoms with E-state index in [-0.39, 0.29) is 46.7 Å². The lowest BCUT2D eigenvalue weighted by atomic mass is 9.82. The van der Waals surface area contributed by atoms with Crippen molar-refractivity contribution in [2.24, 2.45) is 11.8 Å². The van der Waals surface area contributed by atoms with Crippen molar-refractivity contribution in [3.63, 3.8) is 0 Å². The first-order valence-electron chi connectivity index (χ1n) is 18.5. The zero-order chi connectivity index (χ0) is 37.5. The van der Waals surface area contributed by atoms with Crippen LogP contribution in [-0.4, -0.2) is 70.1 Å². The molecule has 2 heterocycles. The van der Waals surface area contributed by atoms with Gasteiger partial charge in [-0.25, -0.2) is 9.59 Å². The minimum atomic E-state index is -0.986. The highest BCUT2D eigenvalue weighted by Crippen LogP contribution is 2.32. The van der Waals surface area contributed by atoms with Gasteiger partial charge in [0, 0.05) is 59.3 Å². The Balaban J connectivity index is 0.000000201. The van der Waals surface area contributed by atoms with E-state index in [4.69, 9.17) is 9.47 Å². The Morgan fingerprint density at radius 2 is 1.19 bits per heavy atom. The number of nitrogens with zero attached hydrogens (tertiary/aromatic N) is 2. The van der Waals surface area contributed by atoms with Crippen molar-refractivity contribution < 1.29 is 38.9 Å². The van der Waals surface area contributed by atoms with Gasteiger partial charge in [-0.3, -0.25) is 19.6 Å². The van der Waals surface area contributed by atoms with Crippen molar-refractivity contribution in [3.8, 4) is 0 Å². The van der Waals surface area contributed by atoms with Gasteiger partial charge in [0.2, 0.25) is 0 Å². The summed E-state index contributed by atoms with van der Waals surface area (Å²) in [5.74, 6) is -1.80. The van der Waals surface area contributed by atoms with E-state index in [2.05, 4.69) is 9.97 Å². The number of Topliss-reactive ketones (excluding diaryl/α,β-unsaturated/α-hetero) is 2. The van der Waals surface area contributed by atoms with Crippen LogP contribution in [0.25, 0.3) is 21.8 Å². The molecular formula is C42H50N2O8. The highest BCUT2D eigenvalue weighted by atomic mass is 16.5. The molecular weight excluding hydrogens is 660 g/mol. The third kappa shape index (κ3) is 8.56. The van der Waals surface area contributed by atoms with Crippen LogP contribution < -0.4 is 0 Å². The number of pyridine rings is 2. The minimum Gasteiger partial charge on any atom is -0.478 e. The molecule has 2 N–H and O–H groups in total. The molecule has 2 aliphatic rings. The van der Waals surface area contributed by atoms with Gasteiger partial charge < -0.3 is 19.7 Å². The van der Waals surface area contributed by atoms with Gasteiger partial charge in [0.25, 0.3) is 0 Å². The molecule has 2 aromatic carbocycles. The molecule has 2 aromatic heterocycles. The number of carbonyl (C=O) groups is 4. The molecule has 0 aliphatic heterocycles. The lowest BCUT2D eigenvalue weighted by molar-refractivity contribution is 0.0515. The third-order valence-electron chi connectivity index (χ3n) is 10.8. The monoisotopic (exact) mass is 710 g/mol. The first-order valence-corrected chi connectivity index (χ1v) is 18.5. The summed E-state index contributed by atoms with van der Waals surface area (Å²) in [6.07, 6.45) is 9.54. The number of benzene rings is 2. The fourth-order valence-electron chi connectivity index (χ4n) is 7.84. The summed E-state index contributed by atoms with van der Waals surface area (Å²) in [7, 11) is 3.42. The van der Waals surface area contributed by atoms with E-state index in [9.17, 15) is 29.4 Å². The first-order chi connectivity index (χ1) is 25.0. The molecule has 0 amide bonds. The van der Waals surface area contributed by atoms with Gasteiger partial charge in [-0.2, -0.15) is 0 Å². The predicted octanol–water partition coefficient (Wildman–Crippen LogP) is 8.47. The zero-order valence-corrected chi connectivity index (χ0v) is 30.9. The van der Waals surface area contributed by atoms with E-state index in [0.29, 0.717) is 39.4 Å². The molecule has 0 spiro atoms. The summed E-state index contributed by atoms with van der Waals surface area (Å²) >= 11 is 0. The number of carboxylic acids is 2. The van der Waals surface area contributed by atoms with Crippen LogP contribution in [0.4, 0.5) is 0 Å². The van der Waals surface area contributed by atoms with Gasteiger partial charge >= 0.3 is 11.9 Å². The zero-order valence-electron chi connectivity index (χ0n) is 30.9. The van der Waals surface area contributed by atoms with Gasteiger partial charge in [-0.05, 0) is 119 Å². The minimum absolute atomic E-state index is 0.0144. The maximum absolute atomic E-state index is 12.9. The second-order valence-electron chi connectivity index (χ2n) is 14.0. The van der Waals surface area contributed by atoms with E-state index in [0.717, 1.165) is 81.2 Å². The average molecular weight is 711 g/mol. The number of ether oxygens (including phenoxy) is 2. The molecule has 0 atom stereocenters. The highest BCUT2D eigenvalue weighted by Gasteiger charge is 2.29. The van der Waals surface area contributed by atoms with Gasteiger partial charge in [-0.1, -0.05) is 20.3 Å². The molecule has 0 unspecified atom stereocenters. The quantitative estimate of drug-likeness (QED) is 0.145. The second-order valence-corrected chi connectivity index (χ2v) is 14.0. The Morgan fingerprint density at radius 1 is 0.692 bits per heavy atom. The Morgan fingerprint density at radius 3 is 1.63 bits per heavy atom. The molecule has 4 aromatic rings. The molecule has 2 aliphatic carbocycles. The maximum Gasteiger partial charge on any atom is 0.336 e. The van der Waals surface area contributed by atoms with E-state index in [1.807, 2.05) is 20.8 Å². The standard InChI is InChI=1S/2C21H25NO4/c1-4-16-12(2)22-18-10-7-14(11-17(18)19(16)21(24)25)20(23)13-5-8-15(26-3)9-6-13;1-3-4-15-12-18(21(24)25)17-11-14(7-10-19(17)22-15)20(23)13-5-8-16(26-2)9-6-13/h7,10-11,13,15H,4-6,8-9H2,1-3H3,(H,24,25);7,10-13,16H,3-6,8-9H2,1-2H3,(H,24,25). The smallest absolute Gasteiger partial charge is 0.336 e. The molecule has 10 heteroatoms. The average Bonchev–Trinajstić information content (AvgIpc) is 3.16. The SMILES string of the molecule is CCCc1cc(C(=O)O)c2cc(C(=O)C3CCC(OC)CC3)ccc2n1.CCc1c(C)nc2ccc(C(=O)C3CCC(OC)CC3)cc2c1C(=O)O. The Bertz CT molecular complexity index is 1960. The largest absolute Gasteiger partial charge is 0.478 e. The van der Waals surface area contributed by atoms with Crippen LogP contribution >= 0.6 is 0 Å². The number of aryl methyl sites for hydroxylation is 2.